The molecule has 4 rings (SSSR count). The fraction of sp³-hybridized carbons (Fsp3) is 0.458. The van der Waals surface area contributed by atoms with Crippen molar-refractivity contribution >= 4 is 5.91 Å². The minimum atomic E-state index is -0.209. The van der Waals surface area contributed by atoms with Crippen molar-refractivity contribution in [2.45, 2.75) is 25.2 Å². The van der Waals surface area contributed by atoms with Gasteiger partial charge in [-0.25, -0.2) is 4.39 Å². The topological polar surface area (TPSA) is 32.8 Å². The number of halogens is 1. The number of carbonyl (C=O) groups excluding carboxylic acids is 1. The molecule has 2 aliphatic rings. The van der Waals surface area contributed by atoms with E-state index < -0.39 is 0 Å². The summed E-state index contributed by atoms with van der Waals surface area (Å²) in [7, 11) is 1.62. The average Bonchev–Trinajstić information content (AvgIpc) is 3.18. The van der Waals surface area contributed by atoms with Gasteiger partial charge in [-0.3, -0.25) is 4.79 Å². The summed E-state index contributed by atoms with van der Waals surface area (Å²) >= 11 is 0. The van der Waals surface area contributed by atoms with Crippen LogP contribution in [-0.4, -0.2) is 55.5 Å². The molecule has 0 spiro atoms. The Kier molecular flexibility index (Phi) is 6.14. The number of piperidine rings is 1. The quantitative estimate of drug-likeness (QED) is 0.760. The van der Waals surface area contributed by atoms with Gasteiger partial charge < -0.3 is 14.5 Å². The van der Waals surface area contributed by atoms with Crippen LogP contribution in [0.2, 0.25) is 0 Å². The van der Waals surface area contributed by atoms with Gasteiger partial charge in [-0.15, -0.1) is 0 Å². The molecule has 0 aliphatic carbocycles. The van der Waals surface area contributed by atoms with Crippen LogP contribution >= 0.6 is 0 Å². The summed E-state index contributed by atoms with van der Waals surface area (Å²) in [5.74, 6) is 1.05. The Morgan fingerprint density at radius 1 is 1.07 bits per heavy atom. The number of amides is 1. The molecule has 2 saturated heterocycles. The number of benzene rings is 2. The Morgan fingerprint density at radius 3 is 2.52 bits per heavy atom. The van der Waals surface area contributed by atoms with Crippen LogP contribution in [0.4, 0.5) is 4.39 Å². The van der Waals surface area contributed by atoms with E-state index in [4.69, 9.17) is 4.74 Å². The molecule has 4 nitrogen and oxygen atoms in total. The SMILES string of the molecule is COc1ccc(C(=O)N2CC(CN3CCCCC3)C(c3cccc(F)c3)C2)cc1. The van der Waals surface area contributed by atoms with Crippen molar-refractivity contribution in [3.63, 3.8) is 0 Å². The van der Waals surface area contributed by atoms with Gasteiger partial charge in [0.15, 0.2) is 0 Å². The van der Waals surface area contributed by atoms with Crippen LogP contribution in [0.15, 0.2) is 48.5 Å². The molecule has 2 aliphatic heterocycles. The fourth-order valence-electron chi connectivity index (χ4n) is 4.73. The molecule has 2 unspecified atom stereocenters. The Morgan fingerprint density at radius 2 is 1.83 bits per heavy atom. The van der Waals surface area contributed by atoms with Crippen LogP contribution in [-0.2, 0) is 0 Å². The molecule has 2 atom stereocenters. The van der Waals surface area contributed by atoms with E-state index in [1.807, 2.05) is 35.2 Å². The van der Waals surface area contributed by atoms with Crippen LogP contribution in [0, 0.1) is 11.7 Å². The second kappa shape index (κ2) is 8.95. The highest BCUT2D eigenvalue weighted by molar-refractivity contribution is 5.94. The van der Waals surface area contributed by atoms with Crippen molar-refractivity contribution in [1.82, 2.24) is 9.80 Å². The maximum absolute atomic E-state index is 13.9. The Labute approximate surface area is 172 Å². The molecule has 0 aromatic heterocycles. The number of likely N-dealkylation sites (tertiary alicyclic amines) is 2. The van der Waals surface area contributed by atoms with E-state index in [0.717, 1.165) is 30.9 Å². The monoisotopic (exact) mass is 396 g/mol. The van der Waals surface area contributed by atoms with E-state index in [0.29, 0.717) is 24.6 Å². The lowest BCUT2D eigenvalue weighted by Crippen LogP contribution is -2.36. The molecule has 29 heavy (non-hydrogen) atoms. The number of rotatable bonds is 5. The molecule has 2 heterocycles. The summed E-state index contributed by atoms with van der Waals surface area (Å²) in [5, 5.41) is 0. The zero-order chi connectivity index (χ0) is 20.2. The minimum Gasteiger partial charge on any atom is -0.497 e. The van der Waals surface area contributed by atoms with Gasteiger partial charge in [-0.2, -0.15) is 0 Å². The summed E-state index contributed by atoms with van der Waals surface area (Å²) in [6.07, 6.45) is 3.79. The van der Waals surface area contributed by atoms with E-state index in [1.165, 1.54) is 25.3 Å². The molecule has 2 fully saturated rings. The molecule has 2 aromatic rings. The molecule has 1 amide bonds. The third-order valence-corrected chi connectivity index (χ3v) is 6.28. The number of methoxy groups -OCH3 is 1. The predicted molar refractivity (Wildman–Crippen MR) is 112 cm³/mol. The molecular formula is C24H29FN2O2. The Balaban J connectivity index is 1.53. The number of hydrogen-bond donors (Lipinski definition) is 0. The van der Waals surface area contributed by atoms with Gasteiger partial charge >= 0.3 is 0 Å². The Hall–Kier alpha value is -2.40. The van der Waals surface area contributed by atoms with Gasteiger partial charge in [0.2, 0.25) is 0 Å². The molecule has 0 saturated carbocycles. The number of carbonyl (C=O) groups is 1. The summed E-state index contributed by atoms with van der Waals surface area (Å²) in [6, 6.07) is 14.2. The number of hydrogen-bond acceptors (Lipinski definition) is 3. The van der Waals surface area contributed by atoms with Crippen LogP contribution in [0.1, 0.15) is 41.1 Å². The largest absolute Gasteiger partial charge is 0.497 e. The zero-order valence-electron chi connectivity index (χ0n) is 17.0. The Bertz CT molecular complexity index is 833. The van der Waals surface area contributed by atoms with Crippen molar-refractivity contribution in [3.8, 4) is 5.75 Å². The van der Waals surface area contributed by atoms with Crippen LogP contribution < -0.4 is 4.74 Å². The minimum absolute atomic E-state index is 0.0372. The summed E-state index contributed by atoms with van der Waals surface area (Å²) in [4.78, 5) is 17.6. The summed E-state index contributed by atoms with van der Waals surface area (Å²) < 4.78 is 19.1. The van der Waals surface area contributed by atoms with Gasteiger partial charge in [0.25, 0.3) is 5.91 Å². The molecule has 0 N–H and O–H groups in total. The maximum Gasteiger partial charge on any atom is 0.253 e. The van der Waals surface area contributed by atoms with Crippen molar-refractivity contribution in [1.29, 1.82) is 0 Å². The fourth-order valence-corrected chi connectivity index (χ4v) is 4.73. The molecule has 0 radical (unpaired) electrons. The third kappa shape index (κ3) is 4.61. The second-order valence-electron chi connectivity index (χ2n) is 8.22. The van der Waals surface area contributed by atoms with Crippen LogP contribution in [0.25, 0.3) is 0 Å². The molecule has 5 heteroatoms. The van der Waals surface area contributed by atoms with Gasteiger partial charge in [0, 0.05) is 31.1 Å². The van der Waals surface area contributed by atoms with Gasteiger partial charge in [-0.1, -0.05) is 18.6 Å². The van der Waals surface area contributed by atoms with Crippen LogP contribution in [0.5, 0.6) is 5.75 Å². The predicted octanol–water partition coefficient (Wildman–Crippen LogP) is 4.18. The smallest absolute Gasteiger partial charge is 0.253 e. The second-order valence-corrected chi connectivity index (χ2v) is 8.22. The standard InChI is InChI=1S/C24H29FN2O2/c1-29-22-10-8-18(9-11-22)24(28)27-16-20(15-26-12-3-2-4-13-26)23(17-27)19-6-5-7-21(25)14-19/h5-11,14,20,23H,2-4,12-13,15-17H2,1H3. The van der Waals surface area contributed by atoms with E-state index in [-0.39, 0.29) is 17.6 Å². The average molecular weight is 397 g/mol. The van der Waals surface area contributed by atoms with Crippen LogP contribution in [0.3, 0.4) is 0 Å². The maximum atomic E-state index is 13.9. The first kappa shape index (κ1) is 19.9. The van der Waals surface area contributed by atoms with E-state index in [1.54, 1.807) is 19.2 Å². The van der Waals surface area contributed by atoms with Gasteiger partial charge in [0.05, 0.1) is 7.11 Å². The van der Waals surface area contributed by atoms with Gasteiger partial charge in [-0.05, 0) is 73.8 Å². The van der Waals surface area contributed by atoms with Crippen molar-refractivity contribution < 1.29 is 13.9 Å². The highest BCUT2D eigenvalue weighted by Gasteiger charge is 2.37. The van der Waals surface area contributed by atoms with Crippen molar-refractivity contribution in [3.05, 3.63) is 65.5 Å². The first-order valence-electron chi connectivity index (χ1n) is 10.5. The van der Waals surface area contributed by atoms with E-state index in [9.17, 15) is 9.18 Å². The molecular weight excluding hydrogens is 367 g/mol. The lowest BCUT2D eigenvalue weighted by molar-refractivity contribution is 0.0781. The summed E-state index contributed by atoms with van der Waals surface area (Å²) in [5.41, 5.74) is 1.67. The van der Waals surface area contributed by atoms with Crippen molar-refractivity contribution in [2.24, 2.45) is 5.92 Å². The molecule has 2 aromatic carbocycles. The lowest BCUT2D eigenvalue weighted by Gasteiger charge is -2.31. The summed E-state index contributed by atoms with van der Waals surface area (Å²) in [6.45, 7) is 4.56. The highest BCUT2D eigenvalue weighted by atomic mass is 19.1. The van der Waals surface area contributed by atoms with Gasteiger partial charge in [0.1, 0.15) is 11.6 Å². The lowest BCUT2D eigenvalue weighted by atomic mass is 9.88. The first-order chi connectivity index (χ1) is 14.1. The highest BCUT2D eigenvalue weighted by Crippen LogP contribution is 2.35. The van der Waals surface area contributed by atoms with Crippen molar-refractivity contribution in [2.75, 3.05) is 39.8 Å². The van der Waals surface area contributed by atoms with E-state index in [2.05, 4.69) is 4.90 Å². The normalized spacial score (nSPS) is 22.6. The first-order valence-corrected chi connectivity index (χ1v) is 10.5. The third-order valence-electron chi connectivity index (χ3n) is 6.28. The number of ether oxygens (including phenoxy) is 1. The number of nitrogens with zero attached hydrogens (tertiary/aromatic N) is 2. The zero-order valence-corrected chi connectivity index (χ0v) is 17.0. The molecule has 154 valence electrons. The van der Waals surface area contributed by atoms with E-state index >= 15 is 0 Å². The molecule has 0 bridgehead atoms.